The summed E-state index contributed by atoms with van der Waals surface area (Å²) in [6, 6.07) is 17.4. The summed E-state index contributed by atoms with van der Waals surface area (Å²) in [5, 5.41) is 9.88. The summed E-state index contributed by atoms with van der Waals surface area (Å²) < 4.78 is 26.3. The number of hydrogen-bond acceptors (Lipinski definition) is 5. The highest BCUT2D eigenvalue weighted by Crippen LogP contribution is 2.40. The molecule has 1 N–H and O–H groups in total. The van der Waals surface area contributed by atoms with Crippen LogP contribution in [0.1, 0.15) is 54.4 Å². The Morgan fingerprint density at radius 1 is 1.03 bits per heavy atom. The second-order valence-corrected chi connectivity index (χ2v) is 10.5. The third-order valence-electron chi connectivity index (χ3n) is 8.05. The maximum absolute atomic E-state index is 15.0. The van der Waals surface area contributed by atoms with Crippen LogP contribution >= 0.6 is 0 Å². The maximum Gasteiger partial charge on any atom is 0.165 e. The third-order valence-corrected chi connectivity index (χ3v) is 8.05. The third kappa shape index (κ3) is 6.07. The van der Waals surface area contributed by atoms with E-state index in [4.69, 9.17) is 9.47 Å². The van der Waals surface area contributed by atoms with Gasteiger partial charge in [-0.2, -0.15) is 0 Å². The van der Waals surface area contributed by atoms with Crippen molar-refractivity contribution in [3.8, 4) is 17.2 Å². The molecule has 6 heteroatoms. The van der Waals surface area contributed by atoms with Gasteiger partial charge in [0, 0.05) is 31.4 Å². The number of hydrogen-bond donors (Lipinski definition) is 1. The van der Waals surface area contributed by atoms with Crippen molar-refractivity contribution in [2.75, 3.05) is 44.8 Å². The molecule has 1 aliphatic carbocycles. The summed E-state index contributed by atoms with van der Waals surface area (Å²) >= 11 is 0. The van der Waals surface area contributed by atoms with Crippen molar-refractivity contribution in [1.82, 2.24) is 4.90 Å². The summed E-state index contributed by atoms with van der Waals surface area (Å²) in [6.07, 6.45) is 5.38. The molecule has 3 aromatic rings. The minimum absolute atomic E-state index is 0.307. The Balaban J connectivity index is 1.32. The lowest BCUT2D eigenvalue weighted by atomic mass is 9.79. The Kier molecular flexibility index (Phi) is 8.38. The average Bonchev–Trinajstić information content (AvgIpc) is 3.46. The summed E-state index contributed by atoms with van der Waals surface area (Å²) in [4.78, 5) is 4.67. The lowest BCUT2D eigenvalue weighted by Gasteiger charge is -2.32. The second-order valence-electron chi connectivity index (χ2n) is 10.5. The molecule has 1 aliphatic heterocycles. The van der Waals surface area contributed by atoms with Gasteiger partial charge in [-0.1, -0.05) is 18.2 Å². The smallest absolute Gasteiger partial charge is 0.165 e. The van der Waals surface area contributed by atoms with E-state index in [9.17, 15) is 9.50 Å². The molecule has 0 amide bonds. The molecule has 1 fully saturated rings. The summed E-state index contributed by atoms with van der Waals surface area (Å²) in [5.74, 6) is 1.53. The summed E-state index contributed by atoms with van der Waals surface area (Å²) in [6.45, 7) is 7.09. The molecule has 1 heterocycles. The summed E-state index contributed by atoms with van der Waals surface area (Å²) in [7, 11) is 1.69. The molecule has 0 saturated carbocycles. The van der Waals surface area contributed by atoms with Crippen molar-refractivity contribution in [3.63, 3.8) is 0 Å². The van der Waals surface area contributed by atoms with Gasteiger partial charge in [0.1, 0.15) is 18.1 Å². The first-order valence-electron chi connectivity index (χ1n) is 13.9. The van der Waals surface area contributed by atoms with Gasteiger partial charge >= 0.3 is 0 Å². The number of phenols is 1. The van der Waals surface area contributed by atoms with Crippen LogP contribution in [0.3, 0.4) is 0 Å². The highest BCUT2D eigenvalue weighted by Gasteiger charge is 2.25. The van der Waals surface area contributed by atoms with Gasteiger partial charge < -0.3 is 19.5 Å². The zero-order valence-corrected chi connectivity index (χ0v) is 22.6. The number of aromatic hydroxyl groups is 1. The number of ether oxygens (including phenoxy) is 2. The van der Waals surface area contributed by atoms with E-state index in [1.165, 1.54) is 29.5 Å². The predicted octanol–water partition coefficient (Wildman–Crippen LogP) is 6.31. The van der Waals surface area contributed by atoms with E-state index >= 15 is 0 Å². The number of rotatable bonds is 10. The molecule has 0 aromatic heterocycles. The molecule has 5 nitrogen and oxygen atoms in total. The molecule has 1 saturated heterocycles. The number of anilines is 1. The minimum Gasteiger partial charge on any atom is -0.508 e. The molecule has 0 bridgehead atoms. The Morgan fingerprint density at radius 3 is 2.63 bits per heavy atom. The molecule has 3 aromatic carbocycles. The van der Waals surface area contributed by atoms with E-state index in [0.717, 1.165) is 62.4 Å². The van der Waals surface area contributed by atoms with Crippen LogP contribution in [-0.2, 0) is 19.4 Å². The van der Waals surface area contributed by atoms with Crippen LogP contribution in [0, 0.1) is 5.82 Å². The fraction of sp³-hybridized carbons (Fsp3) is 0.438. The van der Waals surface area contributed by atoms with Gasteiger partial charge in [0.25, 0.3) is 0 Å². The van der Waals surface area contributed by atoms with Crippen LogP contribution in [0.4, 0.5) is 10.1 Å². The van der Waals surface area contributed by atoms with Gasteiger partial charge in [0.2, 0.25) is 0 Å². The van der Waals surface area contributed by atoms with Gasteiger partial charge in [0.15, 0.2) is 11.6 Å². The van der Waals surface area contributed by atoms with Crippen LogP contribution in [0.5, 0.6) is 17.2 Å². The molecular formula is C32H39FN2O3. The Hall–Kier alpha value is -3.25. The Morgan fingerprint density at radius 2 is 1.87 bits per heavy atom. The van der Waals surface area contributed by atoms with Crippen LogP contribution in [0.25, 0.3) is 0 Å². The fourth-order valence-corrected chi connectivity index (χ4v) is 5.91. The van der Waals surface area contributed by atoms with Crippen LogP contribution in [-0.4, -0.2) is 49.9 Å². The van der Waals surface area contributed by atoms with Gasteiger partial charge in [0.05, 0.1) is 7.11 Å². The molecule has 0 radical (unpaired) electrons. The first kappa shape index (κ1) is 26.4. The van der Waals surface area contributed by atoms with Crippen LogP contribution in [0.15, 0.2) is 54.6 Å². The second kappa shape index (κ2) is 12.1. The number of fused-ring (bicyclic) bond motifs is 1. The van der Waals surface area contributed by atoms with E-state index in [0.29, 0.717) is 30.6 Å². The van der Waals surface area contributed by atoms with Crippen molar-refractivity contribution in [2.24, 2.45) is 0 Å². The molecule has 2 aliphatic rings. The van der Waals surface area contributed by atoms with E-state index in [1.807, 2.05) is 18.2 Å². The number of nitrogens with zero attached hydrogens (tertiary/aromatic N) is 2. The first-order chi connectivity index (χ1) is 18.5. The summed E-state index contributed by atoms with van der Waals surface area (Å²) in [5.41, 5.74) is 5.86. The van der Waals surface area contributed by atoms with Gasteiger partial charge in [-0.05, 0) is 111 Å². The first-order valence-corrected chi connectivity index (χ1v) is 13.9. The van der Waals surface area contributed by atoms with Crippen molar-refractivity contribution in [1.29, 1.82) is 0 Å². The molecule has 0 unspecified atom stereocenters. The van der Waals surface area contributed by atoms with Crippen LogP contribution in [0.2, 0.25) is 0 Å². The van der Waals surface area contributed by atoms with Gasteiger partial charge in [-0.3, -0.25) is 4.90 Å². The van der Waals surface area contributed by atoms with Crippen LogP contribution < -0.4 is 14.4 Å². The minimum atomic E-state index is -0.307. The normalized spacial score (nSPS) is 17.3. The van der Waals surface area contributed by atoms with Crippen molar-refractivity contribution in [3.05, 3.63) is 82.7 Å². The van der Waals surface area contributed by atoms with Gasteiger partial charge in [-0.15, -0.1) is 0 Å². The van der Waals surface area contributed by atoms with E-state index in [2.05, 4.69) is 34.9 Å². The lowest BCUT2D eigenvalue weighted by Crippen LogP contribution is -2.25. The standard InChI is InChI=1S/C32H39FN2O3/c1-3-35(22-23-6-13-32(30(33)18-23)38-17-16-34-14-4-5-15-34)31-21-28(37-2)11-12-29(31)26-8-7-25-20-27(36)10-9-24(25)19-26/h6,9-13,18,20-21,26,36H,3-5,7-8,14-17,19,22H2,1-2H3/t26-/m0/s1. The highest BCUT2D eigenvalue weighted by atomic mass is 19.1. The van der Waals surface area contributed by atoms with Gasteiger partial charge in [-0.25, -0.2) is 4.39 Å². The van der Waals surface area contributed by atoms with Crippen molar-refractivity contribution >= 4 is 5.69 Å². The monoisotopic (exact) mass is 518 g/mol. The SMILES string of the molecule is CCN(Cc1ccc(OCCN2CCCC2)c(F)c1)c1cc(OC)ccc1[C@H]1CCc2cc(O)ccc2C1. The van der Waals surface area contributed by atoms with Crippen molar-refractivity contribution < 1.29 is 19.0 Å². The topological polar surface area (TPSA) is 45.2 Å². The number of methoxy groups -OCH3 is 1. The number of aryl methyl sites for hydroxylation is 1. The number of likely N-dealkylation sites (tertiary alicyclic amines) is 1. The zero-order chi connectivity index (χ0) is 26.5. The molecular weight excluding hydrogens is 479 g/mol. The molecule has 0 spiro atoms. The number of halogens is 1. The largest absolute Gasteiger partial charge is 0.508 e. The molecule has 5 rings (SSSR count). The molecule has 38 heavy (non-hydrogen) atoms. The molecule has 1 atom stereocenters. The zero-order valence-electron chi connectivity index (χ0n) is 22.6. The van der Waals surface area contributed by atoms with E-state index in [-0.39, 0.29) is 5.82 Å². The quantitative estimate of drug-likeness (QED) is 0.341. The van der Waals surface area contributed by atoms with Crippen molar-refractivity contribution in [2.45, 2.75) is 51.5 Å². The number of phenolic OH excluding ortho intramolecular Hbond substituents is 1. The highest BCUT2D eigenvalue weighted by molar-refractivity contribution is 5.60. The maximum atomic E-state index is 15.0. The average molecular weight is 519 g/mol. The predicted molar refractivity (Wildman–Crippen MR) is 150 cm³/mol. The van der Waals surface area contributed by atoms with E-state index < -0.39 is 0 Å². The Labute approximate surface area is 225 Å². The fourth-order valence-electron chi connectivity index (χ4n) is 5.91. The molecule has 202 valence electrons. The van der Waals surface area contributed by atoms with E-state index in [1.54, 1.807) is 25.3 Å². The number of benzene rings is 3. The lowest BCUT2D eigenvalue weighted by molar-refractivity contribution is 0.231. The Bertz CT molecular complexity index is 1240.